The molecule has 23 heavy (non-hydrogen) atoms. The van der Waals surface area contributed by atoms with Gasteiger partial charge in [-0.2, -0.15) is 0 Å². The number of carbonyl (C=O) groups excluding carboxylic acids is 3. The van der Waals surface area contributed by atoms with Crippen LogP contribution in [0.4, 0.5) is 0 Å². The summed E-state index contributed by atoms with van der Waals surface area (Å²) in [6.45, 7) is 3.50. The summed E-state index contributed by atoms with van der Waals surface area (Å²) in [6, 6.07) is 12.6. The van der Waals surface area contributed by atoms with Gasteiger partial charge in [0.05, 0.1) is 17.7 Å². The van der Waals surface area contributed by atoms with Gasteiger partial charge in [-0.05, 0) is 31.5 Å². The molecule has 1 N–H and O–H groups in total. The maximum Gasteiger partial charge on any atom is 0.241 e. The van der Waals surface area contributed by atoms with Gasteiger partial charge in [-0.15, -0.1) is 0 Å². The van der Waals surface area contributed by atoms with Crippen LogP contribution in [0.5, 0.6) is 0 Å². The molecule has 1 aromatic heterocycles. The Morgan fingerprint density at radius 3 is 2.43 bits per heavy atom. The van der Waals surface area contributed by atoms with Crippen LogP contribution in [0.1, 0.15) is 29.9 Å². The van der Waals surface area contributed by atoms with E-state index in [-0.39, 0.29) is 18.2 Å². The molecular weight excluding hydrogens is 292 g/mol. The number of hydrogen-bond donors (Lipinski definition) is 1. The van der Waals surface area contributed by atoms with Crippen LogP contribution in [-0.2, 0) is 16.1 Å². The molecule has 5 nitrogen and oxygen atoms in total. The van der Waals surface area contributed by atoms with E-state index in [9.17, 15) is 14.4 Å². The van der Waals surface area contributed by atoms with E-state index in [1.165, 1.54) is 4.90 Å². The van der Waals surface area contributed by atoms with Crippen molar-refractivity contribution >= 4 is 17.6 Å². The number of hydrogen-bond acceptors (Lipinski definition) is 3. The summed E-state index contributed by atoms with van der Waals surface area (Å²) in [4.78, 5) is 42.1. The van der Waals surface area contributed by atoms with Crippen LogP contribution in [0.3, 0.4) is 0 Å². The Hall–Kier alpha value is -2.69. The number of imide groups is 1. The number of aromatic nitrogens is 1. The minimum absolute atomic E-state index is 0.191. The molecule has 118 valence electrons. The van der Waals surface area contributed by atoms with E-state index in [4.69, 9.17) is 0 Å². The molecule has 5 heteroatoms. The van der Waals surface area contributed by atoms with Crippen molar-refractivity contribution in [2.24, 2.45) is 11.3 Å². The van der Waals surface area contributed by atoms with Crippen molar-refractivity contribution in [1.29, 1.82) is 0 Å². The molecule has 1 saturated heterocycles. The van der Waals surface area contributed by atoms with Crippen molar-refractivity contribution in [2.45, 2.75) is 20.4 Å². The molecule has 1 unspecified atom stereocenters. The van der Waals surface area contributed by atoms with E-state index in [2.05, 4.69) is 4.98 Å². The largest absolute Gasteiger partial charge is 0.359 e. The van der Waals surface area contributed by atoms with Crippen LogP contribution >= 0.6 is 0 Å². The van der Waals surface area contributed by atoms with Gasteiger partial charge in [-0.1, -0.05) is 30.3 Å². The highest BCUT2D eigenvalue weighted by molar-refractivity contribution is 6.20. The molecule has 2 aromatic rings. The smallest absolute Gasteiger partial charge is 0.241 e. The molecule has 0 saturated carbocycles. The Kier molecular flexibility index (Phi) is 3.64. The van der Waals surface area contributed by atoms with Crippen LogP contribution in [0.2, 0.25) is 0 Å². The highest BCUT2D eigenvalue weighted by Crippen LogP contribution is 2.40. The van der Waals surface area contributed by atoms with Gasteiger partial charge in [0.25, 0.3) is 0 Å². The molecule has 0 spiro atoms. The monoisotopic (exact) mass is 310 g/mol. The second kappa shape index (κ2) is 5.50. The molecule has 2 amide bonds. The zero-order valence-corrected chi connectivity index (χ0v) is 13.1. The lowest BCUT2D eigenvalue weighted by molar-refractivity contribution is -0.141. The number of H-pyrrole nitrogens is 1. The summed E-state index contributed by atoms with van der Waals surface area (Å²) in [5, 5.41) is 0. The molecule has 1 aliphatic rings. The predicted octanol–water partition coefficient (Wildman–Crippen LogP) is 2.41. The molecule has 2 heterocycles. The average Bonchev–Trinajstić information content (AvgIpc) is 3.11. The van der Waals surface area contributed by atoms with E-state index >= 15 is 0 Å². The first-order valence-electron chi connectivity index (χ1n) is 7.50. The minimum Gasteiger partial charge on any atom is -0.359 e. The summed E-state index contributed by atoms with van der Waals surface area (Å²) >= 11 is 0. The summed E-state index contributed by atoms with van der Waals surface area (Å²) in [5.74, 6) is -2.06. The number of carbonyl (C=O) groups is 3. The fourth-order valence-electron chi connectivity index (χ4n) is 3.03. The Labute approximate surface area is 134 Å². The molecule has 0 bridgehead atoms. The van der Waals surface area contributed by atoms with Crippen molar-refractivity contribution in [3.8, 4) is 0 Å². The van der Waals surface area contributed by atoms with Crippen molar-refractivity contribution in [3.05, 3.63) is 59.9 Å². The van der Waals surface area contributed by atoms with E-state index in [0.717, 1.165) is 5.56 Å². The van der Waals surface area contributed by atoms with Gasteiger partial charge in [-0.25, -0.2) is 0 Å². The maximum absolute atomic E-state index is 12.7. The van der Waals surface area contributed by atoms with Gasteiger partial charge in [0.1, 0.15) is 5.92 Å². The number of likely N-dealkylation sites (tertiary alicyclic amines) is 1. The minimum atomic E-state index is -1.05. The third kappa shape index (κ3) is 2.48. The van der Waals surface area contributed by atoms with Gasteiger partial charge in [-0.3, -0.25) is 19.3 Å². The highest BCUT2D eigenvalue weighted by Gasteiger charge is 2.56. The lowest BCUT2D eigenvalue weighted by Gasteiger charge is -2.20. The number of amides is 2. The number of benzene rings is 1. The van der Waals surface area contributed by atoms with Crippen molar-refractivity contribution in [3.63, 3.8) is 0 Å². The topological polar surface area (TPSA) is 70.2 Å². The van der Waals surface area contributed by atoms with Crippen molar-refractivity contribution < 1.29 is 14.4 Å². The highest BCUT2D eigenvalue weighted by atomic mass is 16.2. The lowest BCUT2D eigenvalue weighted by atomic mass is 9.78. The van der Waals surface area contributed by atoms with Crippen LogP contribution in [0, 0.1) is 11.3 Å². The third-order valence-corrected chi connectivity index (χ3v) is 4.34. The number of Topliss-reactive ketones (excluding diaryl/α,β-unsaturated/α-hetero) is 1. The first-order chi connectivity index (χ1) is 10.9. The van der Waals surface area contributed by atoms with Gasteiger partial charge in [0.2, 0.25) is 11.8 Å². The Morgan fingerprint density at radius 1 is 1.13 bits per heavy atom. The van der Waals surface area contributed by atoms with E-state index in [1.807, 2.05) is 30.3 Å². The first-order valence-corrected chi connectivity index (χ1v) is 7.50. The molecule has 0 aliphatic carbocycles. The van der Waals surface area contributed by atoms with Gasteiger partial charge in [0.15, 0.2) is 5.78 Å². The molecule has 1 fully saturated rings. The van der Waals surface area contributed by atoms with E-state index < -0.39 is 17.2 Å². The van der Waals surface area contributed by atoms with E-state index in [0.29, 0.717) is 5.69 Å². The quantitative estimate of drug-likeness (QED) is 0.535. The number of nitrogens with one attached hydrogen (secondary N) is 1. The van der Waals surface area contributed by atoms with Gasteiger partial charge in [0, 0.05) is 6.20 Å². The van der Waals surface area contributed by atoms with Crippen LogP contribution in [-0.4, -0.2) is 27.5 Å². The lowest BCUT2D eigenvalue weighted by Crippen LogP contribution is -2.33. The average molecular weight is 310 g/mol. The summed E-state index contributed by atoms with van der Waals surface area (Å²) < 4.78 is 0. The first kappa shape index (κ1) is 15.2. The predicted molar refractivity (Wildman–Crippen MR) is 84.4 cm³/mol. The van der Waals surface area contributed by atoms with Crippen LogP contribution < -0.4 is 0 Å². The van der Waals surface area contributed by atoms with Gasteiger partial charge >= 0.3 is 0 Å². The van der Waals surface area contributed by atoms with E-state index in [1.54, 1.807) is 32.2 Å². The zero-order valence-electron chi connectivity index (χ0n) is 13.1. The number of nitrogens with zero attached hydrogens (tertiary/aromatic N) is 1. The Balaban J connectivity index is 1.92. The molecule has 1 aliphatic heterocycles. The Morgan fingerprint density at radius 2 is 1.83 bits per heavy atom. The SMILES string of the molecule is CC1(C)C(=O)N(Cc2ccccc2)C(=O)C1C(=O)c1ccc[nH]1. The molecule has 3 rings (SSSR count). The maximum atomic E-state index is 12.7. The Bertz CT molecular complexity index is 748. The summed E-state index contributed by atoms with van der Waals surface area (Å²) in [5.41, 5.74) is 0.164. The number of ketones is 1. The summed E-state index contributed by atoms with van der Waals surface area (Å²) in [7, 11) is 0. The second-order valence-corrected chi connectivity index (χ2v) is 6.32. The molecule has 0 radical (unpaired) electrons. The normalized spacial score (nSPS) is 20.1. The number of aromatic amines is 1. The van der Waals surface area contributed by atoms with Crippen molar-refractivity contribution in [1.82, 2.24) is 9.88 Å². The zero-order chi connectivity index (χ0) is 16.6. The fraction of sp³-hybridized carbons (Fsp3) is 0.278. The van der Waals surface area contributed by atoms with Gasteiger partial charge < -0.3 is 4.98 Å². The fourth-order valence-corrected chi connectivity index (χ4v) is 3.03. The van der Waals surface area contributed by atoms with Crippen LogP contribution in [0.15, 0.2) is 48.7 Å². The van der Waals surface area contributed by atoms with Crippen molar-refractivity contribution in [2.75, 3.05) is 0 Å². The molecular formula is C18H18N2O3. The second-order valence-electron chi connectivity index (χ2n) is 6.32. The summed E-state index contributed by atoms with van der Waals surface area (Å²) in [6.07, 6.45) is 1.63. The standard InChI is InChI=1S/C18H18N2O3/c1-18(2)14(15(21)13-9-6-10-19-13)16(22)20(17(18)23)11-12-7-4-3-5-8-12/h3-10,14,19H,11H2,1-2H3. The molecule has 1 aromatic carbocycles. The van der Waals surface area contributed by atoms with Crippen LogP contribution in [0.25, 0.3) is 0 Å². The third-order valence-electron chi connectivity index (χ3n) is 4.34. The number of rotatable bonds is 4. The molecule has 1 atom stereocenters.